The predicted octanol–water partition coefficient (Wildman–Crippen LogP) is 5.98. The number of aryl methyl sites for hydroxylation is 5. The number of hydrogen-bond acceptors (Lipinski definition) is 3. The van der Waals surface area contributed by atoms with Gasteiger partial charge in [0.05, 0.1) is 5.56 Å². The molecule has 2 aromatic rings. The Morgan fingerprint density at radius 1 is 0.926 bits per heavy atom. The highest BCUT2D eigenvalue weighted by Crippen LogP contribution is 2.37. The minimum Gasteiger partial charge on any atom is -0.289 e. The van der Waals surface area contributed by atoms with Crippen molar-refractivity contribution in [2.45, 2.75) is 60.0 Å². The molecular weight excluding hydrogens is 355 g/mol. The van der Waals surface area contributed by atoms with E-state index in [9.17, 15) is 14.2 Å². The van der Waals surface area contributed by atoms with E-state index >= 15 is 0 Å². The lowest BCUT2D eigenvalue weighted by Crippen LogP contribution is -2.20. The van der Waals surface area contributed by atoms with E-state index in [0.717, 1.165) is 40.7 Å². The van der Waals surface area contributed by atoms with Gasteiger partial charge in [0, 0.05) is 5.56 Å². The monoisotopic (exact) mass is 383 g/mol. The quantitative estimate of drug-likeness (QED) is 0.437. The highest BCUT2D eigenvalue weighted by molar-refractivity contribution is 7.66. The van der Waals surface area contributed by atoms with Gasteiger partial charge in [0.25, 0.3) is 0 Å². The second-order valence-corrected chi connectivity index (χ2v) is 8.94. The summed E-state index contributed by atoms with van der Waals surface area (Å²) in [4.78, 5) is 26.1. The van der Waals surface area contributed by atoms with Gasteiger partial charge in [0.15, 0.2) is 0 Å². The zero-order chi connectivity index (χ0) is 20.3. The van der Waals surface area contributed by atoms with Crippen LogP contribution in [0.4, 0.5) is 0 Å². The van der Waals surface area contributed by atoms with Crippen molar-refractivity contribution >= 4 is 19.1 Å². The van der Waals surface area contributed by atoms with E-state index in [4.69, 9.17) is 0 Å². The highest BCUT2D eigenvalue weighted by atomic mass is 31.1. The molecule has 0 amide bonds. The average molecular weight is 383 g/mol. The van der Waals surface area contributed by atoms with Crippen LogP contribution < -0.4 is 0 Å². The fourth-order valence-corrected chi connectivity index (χ4v) is 4.94. The molecule has 27 heavy (non-hydrogen) atoms. The van der Waals surface area contributed by atoms with Crippen LogP contribution in [0.3, 0.4) is 0 Å². The molecule has 0 N–H and O–H groups in total. The Morgan fingerprint density at radius 2 is 1.41 bits per heavy atom. The summed E-state index contributed by atoms with van der Waals surface area (Å²) < 4.78 is 13.0. The molecule has 2 rings (SSSR count). The fraction of sp³-hybridized carbons (Fsp3) is 0.391. The molecule has 2 atom stereocenters. The van der Waals surface area contributed by atoms with Crippen LogP contribution in [0.1, 0.15) is 69.3 Å². The summed E-state index contributed by atoms with van der Waals surface area (Å²) in [6, 6.07) is 9.64. The molecule has 0 radical (unpaired) electrons. The number of hydrogen-bond donors (Lipinski definition) is 0. The molecule has 2 aromatic carbocycles. The molecule has 0 aliphatic rings. The Bertz CT molecular complexity index is 867. The topological polar surface area (TPSA) is 51.2 Å². The van der Waals surface area contributed by atoms with Crippen LogP contribution in [-0.2, 0) is 17.4 Å². The van der Waals surface area contributed by atoms with Gasteiger partial charge in [0.1, 0.15) is 0 Å². The number of rotatable bonds is 7. The first-order valence-electron chi connectivity index (χ1n) is 9.46. The number of carbonyl (C=O) groups excluding carboxylic acids is 2. The van der Waals surface area contributed by atoms with Crippen LogP contribution in [0.2, 0.25) is 0 Å². The Labute approximate surface area is 163 Å². The van der Waals surface area contributed by atoms with Crippen molar-refractivity contribution in [3.8, 4) is 0 Å². The van der Waals surface area contributed by atoms with Gasteiger partial charge in [-0.15, -0.1) is 0 Å². The Hall–Kier alpha value is -2.12. The molecule has 0 heterocycles. The van der Waals surface area contributed by atoms with E-state index in [2.05, 4.69) is 0 Å². The van der Waals surface area contributed by atoms with Crippen molar-refractivity contribution in [2.75, 3.05) is 0 Å². The van der Waals surface area contributed by atoms with Gasteiger partial charge in [-0.1, -0.05) is 54.3 Å². The van der Waals surface area contributed by atoms with E-state index in [-0.39, 0.29) is 5.78 Å². The third kappa shape index (κ3) is 4.25. The van der Waals surface area contributed by atoms with Crippen LogP contribution in [0.25, 0.3) is 0 Å². The summed E-state index contributed by atoms with van der Waals surface area (Å²) in [5, 5.41) is 0. The second-order valence-electron chi connectivity index (χ2n) is 7.10. The highest BCUT2D eigenvalue weighted by Gasteiger charge is 2.43. The lowest BCUT2D eigenvalue weighted by Gasteiger charge is -2.12. The van der Waals surface area contributed by atoms with Crippen molar-refractivity contribution in [2.24, 2.45) is 0 Å². The molecule has 4 heteroatoms. The molecular formula is C23H28O3P+. The van der Waals surface area contributed by atoms with Gasteiger partial charge >= 0.3 is 13.3 Å². The number of Topliss-reactive ketones (excluding diaryl/α,β-unsaturated/α-hetero) is 1. The van der Waals surface area contributed by atoms with Gasteiger partial charge in [-0.3, -0.25) is 4.79 Å². The number of carbonyl (C=O) groups is 2. The minimum atomic E-state index is -2.36. The lowest BCUT2D eigenvalue weighted by molar-refractivity contribution is 0.0981. The first-order valence-corrected chi connectivity index (χ1v) is 10.8. The van der Waals surface area contributed by atoms with Crippen LogP contribution in [0, 0.1) is 20.8 Å². The molecule has 0 aliphatic carbocycles. The van der Waals surface area contributed by atoms with Crippen molar-refractivity contribution in [3.05, 3.63) is 69.3 Å². The van der Waals surface area contributed by atoms with Gasteiger partial charge in [0.2, 0.25) is 11.4 Å². The van der Waals surface area contributed by atoms with Crippen LogP contribution in [0.5, 0.6) is 0 Å². The van der Waals surface area contributed by atoms with Gasteiger partial charge in [-0.05, 0) is 62.8 Å². The van der Waals surface area contributed by atoms with Gasteiger partial charge < -0.3 is 0 Å². The summed E-state index contributed by atoms with van der Waals surface area (Å²) in [5.41, 5.74) is 4.44. The molecule has 0 aliphatic heterocycles. The van der Waals surface area contributed by atoms with Gasteiger partial charge in [-0.2, -0.15) is 0 Å². The average Bonchev–Trinajstić information content (AvgIpc) is 2.64. The molecule has 0 fully saturated rings. The second kappa shape index (κ2) is 8.71. The summed E-state index contributed by atoms with van der Waals surface area (Å²) in [7, 11) is -2.36. The van der Waals surface area contributed by atoms with E-state index < -0.39 is 19.0 Å². The maximum atomic E-state index is 13.2. The Morgan fingerprint density at radius 3 is 1.85 bits per heavy atom. The molecule has 0 bridgehead atoms. The van der Waals surface area contributed by atoms with E-state index in [1.54, 1.807) is 6.92 Å². The Kier molecular flexibility index (Phi) is 6.84. The largest absolute Gasteiger partial charge is 0.431 e. The standard InChI is InChI=1S/C23H28O3P/c1-7-18-10-9-11-19(8-2)21(18)22(24)17(6)27(26)23(25)20-15(4)12-14(3)13-16(20)5/h9-13,17H,7-8H2,1-6H3/q+1. The molecule has 0 saturated carbocycles. The number of benzene rings is 2. The summed E-state index contributed by atoms with van der Waals surface area (Å²) >= 11 is 0. The zero-order valence-corrected chi connectivity index (χ0v) is 17.9. The van der Waals surface area contributed by atoms with Crippen LogP contribution in [0.15, 0.2) is 30.3 Å². The molecule has 0 saturated heterocycles. The normalized spacial score (nSPS) is 12.6. The van der Waals surface area contributed by atoms with E-state index in [0.29, 0.717) is 11.1 Å². The van der Waals surface area contributed by atoms with Crippen molar-refractivity contribution in [3.63, 3.8) is 0 Å². The van der Waals surface area contributed by atoms with Crippen molar-refractivity contribution in [1.82, 2.24) is 0 Å². The molecule has 0 aromatic heterocycles. The number of ketones is 1. The van der Waals surface area contributed by atoms with Crippen molar-refractivity contribution in [1.29, 1.82) is 0 Å². The summed E-state index contributed by atoms with van der Waals surface area (Å²) in [6.07, 6.45) is 1.45. The molecule has 2 unspecified atom stereocenters. The van der Waals surface area contributed by atoms with Crippen molar-refractivity contribution < 1.29 is 14.2 Å². The van der Waals surface area contributed by atoms with Gasteiger partial charge in [-0.25, -0.2) is 4.79 Å². The summed E-state index contributed by atoms with van der Waals surface area (Å²) in [6.45, 7) is 11.3. The molecule has 142 valence electrons. The third-order valence-corrected chi connectivity index (χ3v) is 6.63. The van der Waals surface area contributed by atoms with E-state index in [1.165, 1.54) is 0 Å². The predicted molar refractivity (Wildman–Crippen MR) is 112 cm³/mol. The van der Waals surface area contributed by atoms with E-state index in [1.807, 2.05) is 65.0 Å². The Balaban J connectivity index is 2.41. The zero-order valence-electron chi connectivity index (χ0n) is 17.1. The maximum absolute atomic E-state index is 13.2. The lowest BCUT2D eigenvalue weighted by atomic mass is 9.93. The first-order chi connectivity index (χ1) is 12.7. The smallest absolute Gasteiger partial charge is 0.289 e. The minimum absolute atomic E-state index is 0.193. The molecule has 0 spiro atoms. The first kappa shape index (κ1) is 21.2. The molecule has 3 nitrogen and oxygen atoms in total. The van der Waals surface area contributed by atoms with Crippen LogP contribution >= 0.6 is 7.80 Å². The fourth-order valence-electron chi connectivity index (χ4n) is 3.68. The summed E-state index contributed by atoms with van der Waals surface area (Å²) in [5.74, 6) is -0.193. The van der Waals surface area contributed by atoms with Crippen LogP contribution in [-0.4, -0.2) is 17.0 Å². The third-order valence-electron chi connectivity index (χ3n) is 5.07. The maximum Gasteiger partial charge on any atom is 0.431 e. The SMILES string of the molecule is CCc1cccc(CC)c1C(=O)C(C)[P+](=O)C(=O)c1c(C)cc(C)cc1C.